The molecule has 2 rings (SSSR count). The maximum absolute atomic E-state index is 11.9. The summed E-state index contributed by atoms with van der Waals surface area (Å²) in [5, 5.41) is 0.339. The molecule has 0 aliphatic carbocycles. The van der Waals surface area contributed by atoms with Crippen LogP contribution in [0.1, 0.15) is 34.6 Å². The molecular weight excluding hydrogens is 306 g/mol. The van der Waals surface area contributed by atoms with Crippen molar-refractivity contribution in [3.8, 4) is 11.6 Å². The van der Waals surface area contributed by atoms with Gasteiger partial charge in [-0.1, -0.05) is 11.6 Å². The van der Waals surface area contributed by atoms with E-state index in [9.17, 15) is 9.59 Å². The summed E-state index contributed by atoms with van der Waals surface area (Å²) in [4.78, 5) is 27.4. The van der Waals surface area contributed by atoms with Crippen LogP contribution in [0.15, 0.2) is 36.5 Å². The largest absolute Gasteiger partial charge is 0.462 e. The number of carbonyl (C=O) groups excluding carboxylic acids is 2. The second-order valence-electron chi connectivity index (χ2n) is 4.38. The smallest absolute Gasteiger partial charge is 0.343 e. The number of Topliss-reactive ketones (excluding diaryl/α,β-unsaturated/α-hetero) is 1. The molecule has 0 saturated heterocycles. The maximum atomic E-state index is 11.9. The topological polar surface area (TPSA) is 65.5 Å². The van der Waals surface area contributed by atoms with Gasteiger partial charge in [0.1, 0.15) is 11.3 Å². The van der Waals surface area contributed by atoms with Gasteiger partial charge in [0.25, 0.3) is 0 Å². The van der Waals surface area contributed by atoms with Crippen LogP contribution in [-0.4, -0.2) is 23.3 Å². The quantitative estimate of drug-likeness (QED) is 0.617. The van der Waals surface area contributed by atoms with Crippen molar-refractivity contribution in [2.24, 2.45) is 0 Å². The molecule has 1 aromatic carbocycles. The van der Waals surface area contributed by atoms with E-state index in [1.807, 2.05) is 0 Å². The molecule has 1 heterocycles. The summed E-state index contributed by atoms with van der Waals surface area (Å²) in [6, 6.07) is 7.83. The Kier molecular flexibility index (Phi) is 5.12. The zero-order valence-electron chi connectivity index (χ0n) is 12.1. The fourth-order valence-electron chi connectivity index (χ4n) is 1.79. The van der Waals surface area contributed by atoms with E-state index in [2.05, 4.69) is 4.98 Å². The highest BCUT2D eigenvalue weighted by atomic mass is 35.5. The van der Waals surface area contributed by atoms with Crippen molar-refractivity contribution in [2.45, 2.75) is 13.8 Å². The summed E-state index contributed by atoms with van der Waals surface area (Å²) in [6.07, 6.45) is 1.50. The van der Waals surface area contributed by atoms with E-state index < -0.39 is 5.97 Å². The Morgan fingerprint density at radius 3 is 2.68 bits per heavy atom. The monoisotopic (exact) mass is 319 g/mol. The summed E-state index contributed by atoms with van der Waals surface area (Å²) in [6.45, 7) is 3.38. The molecule has 0 aliphatic heterocycles. The van der Waals surface area contributed by atoms with Crippen molar-refractivity contribution in [3.63, 3.8) is 0 Å². The van der Waals surface area contributed by atoms with Gasteiger partial charge in [-0.3, -0.25) is 4.79 Å². The number of hydrogen-bond acceptors (Lipinski definition) is 5. The maximum Gasteiger partial charge on any atom is 0.343 e. The molecule has 0 fully saturated rings. The molecule has 0 aliphatic rings. The van der Waals surface area contributed by atoms with Crippen LogP contribution >= 0.6 is 11.6 Å². The minimum absolute atomic E-state index is 0.109. The van der Waals surface area contributed by atoms with Crippen LogP contribution in [0.5, 0.6) is 11.6 Å². The van der Waals surface area contributed by atoms with Gasteiger partial charge in [-0.15, -0.1) is 0 Å². The normalized spacial score (nSPS) is 10.1. The Labute approximate surface area is 132 Å². The molecule has 0 unspecified atom stereocenters. The molecule has 0 saturated carbocycles. The molecule has 2 aromatic rings. The lowest BCUT2D eigenvalue weighted by molar-refractivity contribution is 0.0522. The lowest BCUT2D eigenvalue weighted by atomic mass is 10.1. The molecule has 1 aromatic heterocycles. The zero-order chi connectivity index (χ0) is 16.1. The number of pyridine rings is 1. The Hall–Kier alpha value is -2.40. The van der Waals surface area contributed by atoms with E-state index in [1.165, 1.54) is 19.2 Å². The number of hydrogen-bond donors (Lipinski definition) is 0. The van der Waals surface area contributed by atoms with Gasteiger partial charge in [-0.05, 0) is 44.2 Å². The second kappa shape index (κ2) is 7.04. The van der Waals surface area contributed by atoms with Gasteiger partial charge in [0.15, 0.2) is 5.78 Å². The highest BCUT2D eigenvalue weighted by molar-refractivity contribution is 6.33. The molecule has 0 radical (unpaired) electrons. The van der Waals surface area contributed by atoms with Gasteiger partial charge >= 0.3 is 5.97 Å². The summed E-state index contributed by atoms with van der Waals surface area (Å²) >= 11 is 5.95. The summed E-state index contributed by atoms with van der Waals surface area (Å²) in [7, 11) is 0. The van der Waals surface area contributed by atoms with Crippen LogP contribution in [0.3, 0.4) is 0 Å². The standard InChI is InChI=1S/C16H14ClNO4/c1-3-21-16(20)12-5-4-8-18-15(12)22-11-6-7-14(17)13(9-11)10(2)19/h4-9H,3H2,1-2H3. The highest BCUT2D eigenvalue weighted by Crippen LogP contribution is 2.27. The first-order valence-corrected chi connectivity index (χ1v) is 7.01. The minimum Gasteiger partial charge on any atom is -0.462 e. The van der Waals surface area contributed by atoms with E-state index in [1.54, 1.807) is 31.2 Å². The Morgan fingerprint density at radius 1 is 1.23 bits per heavy atom. The minimum atomic E-state index is -0.522. The molecular formula is C16H14ClNO4. The Balaban J connectivity index is 2.34. The number of esters is 1. The van der Waals surface area contributed by atoms with Gasteiger partial charge in [0.05, 0.1) is 11.6 Å². The predicted octanol–water partition coefficient (Wildman–Crippen LogP) is 3.91. The van der Waals surface area contributed by atoms with Crippen LogP contribution in [0, 0.1) is 0 Å². The van der Waals surface area contributed by atoms with Gasteiger partial charge in [-0.2, -0.15) is 0 Å². The van der Waals surface area contributed by atoms with Crippen molar-refractivity contribution in [2.75, 3.05) is 6.61 Å². The fraction of sp³-hybridized carbons (Fsp3) is 0.188. The number of aromatic nitrogens is 1. The molecule has 114 valence electrons. The lowest BCUT2D eigenvalue weighted by Gasteiger charge is -2.10. The van der Waals surface area contributed by atoms with Crippen molar-refractivity contribution in [1.29, 1.82) is 0 Å². The number of halogens is 1. The molecule has 22 heavy (non-hydrogen) atoms. The molecule has 0 amide bonds. The first-order valence-electron chi connectivity index (χ1n) is 6.63. The van der Waals surface area contributed by atoms with E-state index in [0.717, 1.165) is 0 Å². The molecule has 5 nitrogen and oxygen atoms in total. The fourth-order valence-corrected chi connectivity index (χ4v) is 2.04. The van der Waals surface area contributed by atoms with Gasteiger partial charge in [-0.25, -0.2) is 9.78 Å². The van der Waals surface area contributed by atoms with Crippen LogP contribution in [0.2, 0.25) is 5.02 Å². The predicted molar refractivity (Wildman–Crippen MR) is 81.7 cm³/mol. The number of rotatable bonds is 5. The average molecular weight is 320 g/mol. The van der Waals surface area contributed by atoms with Crippen LogP contribution < -0.4 is 4.74 Å². The SMILES string of the molecule is CCOC(=O)c1cccnc1Oc1ccc(Cl)c(C(C)=O)c1. The van der Waals surface area contributed by atoms with Crippen molar-refractivity contribution < 1.29 is 19.1 Å². The lowest BCUT2D eigenvalue weighted by Crippen LogP contribution is -2.07. The van der Waals surface area contributed by atoms with Crippen molar-refractivity contribution in [1.82, 2.24) is 4.98 Å². The van der Waals surface area contributed by atoms with Gasteiger partial charge in [0.2, 0.25) is 5.88 Å². The van der Waals surface area contributed by atoms with Crippen molar-refractivity contribution >= 4 is 23.4 Å². The summed E-state index contributed by atoms with van der Waals surface area (Å²) in [5.41, 5.74) is 0.552. The van der Waals surface area contributed by atoms with Crippen molar-refractivity contribution in [3.05, 3.63) is 52.7 Å². The summed E-state index contributed by atoms with van der Waals surface area (Å²) < 4.78 is 10.6. The van der Waals surface area contributed by atoms with Gasteiger partial charge < -0.3 is 9.47 Å². The first-order chi connectivity index (χ1) is 10.5. The van der Waals surface area contributed by atoms with E-state index >= 15 is 0 Å². The Bertz CT molecular complexity index is 715. The number of ether oxygens (including phenoxy) is 2. The Morgan fingerprint density at radius 2 is 2.00 bits per heavy atom. The third-order valence-corrected chi connectivity index (χ3v) is 3.13. The number of carbonyl (C=O) groups is 2. The van der Waals surface area contributed by atoms with E-state index in [-0.39, 0.29) is 23.8 Å². The molecule has 0 bridgehead atoms. The first kappa shape index (κ1) is 16.0. The number of ketones is 1. The summed E-state index contributed by atoms with van der Waals surface area (Å²) in [5.74, 6) is -0.231. The van der Waals surface area contributed by atoms with Crippen LogP contribution in [0.4, 0.5) is 0 Å². The van der Waals surface area contributed by atoms with E-state index in [4.69, 9.17) is 21.1 Å². The molecule has 6 heteroatoms. The van der Waals surface area contributed by atoms with Crippen LogP contribution in [-0.2, 0) is 4.74 Å². The molecule has 0 atom stereocenters. The second-order valence-corrected chi connectivity index (χ2v) is 4.78. The zero-order valence-corrected chi connectivity index (χ0v) is 12.9. The average Bonchev–Trinajstić information content (AvgIpc) is 2.49. The number of nitrogens with zero attached hydrogens (tertiary/aromatic N) is 1. The highest BCUT2D eigenvalue weighted by Gasteiger charge is 2.16. The van der Waals surface area contributed by atoms with Gasteiger partial charge in [0, 0.05) is 11.8 Å². The van der Waals surface area contributed by atoms with Crippen LogP contribution in [0.25, 0.3) is 0 Å². The third kappa shape index (κ3) is 3.62. The van der Waals surface area contributed by atoms with E-state index in [0.29, 0.717) is 16.3 Å². The molecule has 0 N–H and O–H groups in total. The molecule has 0 spiro atoms. The third-order valence-electron chi connectivity index (χ3n) is 2.80. The number of benzene rings is 1.